The molecule has 43 heteroatoms. The Kier molecular flexibility index (Phi) is 28.3. The Hall–Kier alpha value is -3.07. The Morgan fingerprint density at radius 3 is 1.09 bits per heavy atom. The molecule has 8 saturated heterocycles. The maximum atomic E-state index is 13.0. The van der Waals surface area contributed by atoms with Crippen LogP contribution in [0.3, 0.4) is 0 Å². The molecule has 0 saturated carbocycles. The average molecular weight is 1420 g/mol. The fraction of sp³-hybridized carbons (Fsp3) is 0.944. The molecule has 25 N–H and O–H groups in total. The third kappa shape index (κ3) is 17.6. The number of carbonyl (C=O) groups is 3. The largest absolute Gasteiger partial charge is 0.394 e. The van der Waals surface area contributed by atoms with Crippen LogP contribution in [0, 0.1) is 0 Å². The highest BCUT2D eigenvalue weighted by molar-refractivity contribution is 5.74. The first-order valence-electron chi connectivity index (χ1n) is 31.0. The predicted octanol–water partition coefficient (Wildman–Crippen LogP) is -17.0. The Bertz CT molecular complexity index is 2490. The minimum atomic E-state index is -2.47. The van der Waals surface area contributed by atoms with Crippen molar-refractivity contribution in [3.05, 3.63) is 0 Å². The lowest BCUT2D eigenvalue weighted by atomic mass is 9.93. The minimum Gasteiger partial charge on any atom is -0.394 e. The van der Waals surface area contributed by atoms with Gasteiger partial charge in [0, 0.05) is 20.8 Å². The molecule has 8 rings (SSSR count). The SMILES string of the molecule is CC(=O)N[C@@H]1[C@@H](O)[C@H](O[C@@H]2O[C@H](CO)[C@@H](O[C@@H]3O[C@H](CO[C@H]4O[C@H](CO)[C@@H](O)[C@H](O)[C@@H]4O)[C@@H](O)[C@H](O[C@H]4O[C@H](CO)[C@@H](O)[C@H](O)[C@@H]4O[C@@H]4O[C@H](CO)[C@@H](O[C@@H]5O[C@H](CO)[C@H](O)[C@H](O)[C@H]5O)[C@H](O)[C@H]4NC(C)=O)[C@@H]3O)[C@H](O)[C@H]2NC(C)=O)[C@@H](CO[C@@H]2O[C@@H](C)[C@@H](O)[C@@H](O)[C@@H]2O)O[C@H]1O. The summed E-state index contributed by atoms with van der Waals surface area (Å²) in [6.07, 6.45) is -73.0. The summed E-state index contributed by atoms with van der Waals surface area (Å²) >= 11 is 0. The Morgan fingerprint density at radius 2 is 0.619 bits per heavy atom. The molecule has 0 aromatic carbocycles. The van der Waals surface area contributed by atoms with E-state index in [-0.39, 0.29) is 0 Å². The van der Waals surface area contributed by atoms with Crippen molar-refractivity contribution in [2.45, 2.75) is 273 Å². The zero-order valence-corrected chi connectivity index (χ0v) is 52.2. The number of nitrogens with one attached hydrogen (secondary N) is 3. The highest BCUT2D eigenvalue weighted by atomic mass is 16.8. The van der Waals surface area contributed by atoms with Crippen LogP contribution in [-0.2, 0) is 85.4 Å². The molecule has 0 aliphatic carbocycles. The van der Waals surface area contributed by atoms with E-state index in [1.165, 1.54) is 6.92 Å². The number of aliphatic hydroxyl groups excluding tert-OH is 22. The summed E-state index contributed by atoms with van der Waals surface area (Å²) in [6, 6.07) is -5.49. The molecule has 0 unspecified atom stereocenters. The van der Waals surface area contributed by atoms with Crippen LogP contribution in [0.5, 0.6) is 0 Å². The fourth-order valence-corrected chi connectivity index (χ4v) is 12.4. The summed E-state index contributed by atoms with van der Waals surface area (Å²) in [7, 11) is 0. The van der Waals surface area contributed by atoms with Gasteiger partial charge < -0.3 is 199 Å². The standard InChI is InChI=1S/C54H91N3O40/c1-12-26(66)34(74)38(78)50(85-12)84-11-22-44(31(71)23(47(82)86-22)55-13(2)63)93-48-24(56-14(3)64)32(72)43(20(9-62)90-48)95-53-41(81)45(30(70)21(92-53)10-83-51-39(79)35(75)27(67)16(5-58)87-51)96-54-46(37(77)29(69)18(7-60)89-54)97-49-25(57-15(4)65)33(73)42(19(8-61)91-49)94-52-40(80)36(76)28(68)17(6-59)88-52/h12,16-54,58-62,66-82H,5-11H2,1-4H3,(H,55,63)(H,56,64)(H,57,65)/t12-,16+,17+,18+,19+,20+,21+,22+,23+,24+,25+,26+,27+,28-,29+,30+,31+,32+,33+,34+,35-,36-,37-,38-,39-,40+,41-,42+,43+,44+,45-,46-,47+,48-,49-,50+,51-,52-,53-,54+/m0/s1. The van der Waals surface area contributed by atoms with E-state index < -0.39 is 309 Å². The van der Waals surface area contributed by atoms with E-state index in [9.17, 15) is 127 Å². The van der Waals surface area contributed by atoms with Crippen molar-refractivity contribution in [1.29, 1.82) is 0 Å². The normalized spacial score (nSPS) is 49.9. The van der Waals surface area contributed by atoms with Gasteiger partial charge in [-0.2, -0.15) is 0 Å². The van der Waals surface area contributed by atoms with E-state index in [0.717, 1.165) is 20.8 Å². The third-order valence-electron chi connectivity index (χ3n) is 17.8. The van der Waals surface area contributed by atoms with Gasteiger partial charge >= 0.3 is 0 Å². The maximum absolute atomic E-state index is 13.0. The van der Waals surface area contributed by atoms with Gasteiger partial charge in [-0.1, -0.05) is 0 Å². The summed E-state index contributed by atoms with van der Waals surface area (Å²) < 4.78 is 87.7. The molecule has 0 spiro atoms. The Balaban J connectivity index is 1.09. The second-order valence-electron chi connectivity index (χ2n) is 24.6. The van der Waals surface area contributed by atoms with Gasteiger partial charge in [0.1, 0.15) is 189 Å². The smallest absolute Gasteiger partial charge is 0.217 e. The Labute approximate surface area is 549 Å². The van der Waals surface area contributed by atoms with Gasteiger partial charge in [-0.05, 0) is 6.92 Å². The van der Waals surface area contributed by atoms with E-state index in [4.69, 9.17) is 71.1 Å². The van der Waals surface area contributed by atoms with Crippen molar-refractivity contribution in [2.75, 3.05) is 46.2 Å². The van der Waals surface area contributed by atoms with Gasteiger partial charge in [-0.3, -0.25) is 14.4 Å². The van der Waals surface area contributed by atoms with E-state index in [2.05, 4.69) is 16.0 Å². The average Bonchev–Trinajstić information content (AvgIpc) is 0.799. The van der Waals surface area contributed by atoms with Crippen LogP contribution in [0.25, 0.3) is 0 Å². The number of hydrogen-bond donors (Lipinski definition) is 25. The van der Waals surface area contributed by atoms with Crippen LogP contribution in [0.1, 0.15) is 27.7 Å². The fourth-order valence-electron chi connectivity index (χ4n) is 12.4. The minimum absolute atomic E-state index is 0.795. The van der Waals surface area contributed by atoms with Gasteiger partial charge in [0.05, 0.1) is 52.4 Å². The quantitative estimate of drug-likeness (QED) is 0.0427. The van der Waals surface area contributed by atoms with Crippen LogP contribution in [0.15, 0.2) is 0 Å². The van der Waals surface area contributed by atoms with Crippen molar-refractivity contribution in [1.82, 2.24) is 16.0 Å². The molecule has 8 heterocycles. The van der Waals surface area contributed by atoms with Gasteiger partial charge in [0.25, 0.3) is 0 Å². The topological polar surface area (TPSA) is 671 Å². The molecule has 8 aliphatic rings. The molecule has 0 aromatic rings. The van der Waals surface area contributed by atoms with E-state index in [1.807, 2.05) is 0 Å². The van der Waals surface area contributed by atoms with Crippen molar-refractivity contribution in [3.8, 4) is 0 Å². The zero-order chi connectivity index (χ0) is 71.5. The van der Waals surface area contributed by atoms with Crippen LogP contribution in [0.4, 0.5) is 0 Å². The van der Waals surface area contributed by atoms with Crippen molar-refractivity contribution < 1.29 is 198 Å². The van der Waals surface area contributed by atoms with Crippen LogP contribution in [0.2, 0.25) is 0 Å². The van der Waals surface area contributed by atoms with Gasteiger partial charge in [0.15, 0.2) is 50.3 Å². The second kappa shape index (κ2) is 34.5. The van der Waals surface area contributed by atoms with Crippen LogP contribution in [-0.4, -0.2) is 422 Å². The number of amides is 3. The zero-order valence-electron chi connectivity index (χ0n) is 52.2. The molecule has 562 valence electrons. The van der Waals surface area contributed by atoms with Crippen molar-refractivity contribution in [2.24, 2.45) is 0 Å². The highest BCUT2D eigenvalue weighted by Gasteiger charge is 2.60. The number of ether oxygens (including phenoxy) is 15. The van der Waals surface area contributed by atoms with E-state index in [0.29, 0.717) is 0 Å². The molecular weight excluding hydrogens is 1330 g/mol. The molecule has 40 atom stereocenters. The van der Waals surface area contributed by atoms with Crippen molar-refractivity contribution >= 4 is 17.7 Å². The van der Waals surface area contributed by atoms with E-state index in [1.54, 1.807) is 0 Å². The first-order valence-corrected chi connectivity index (χ1v) is 31.0. The molecule has 8 aliphatic heterocycles. The molecule has 43 nitrogen and oxygen atoms in total. The second-order valence-corrected chi connectivity index (χ2v) is 24.6. The molecule has 0 radical (unpaired) electrons. The van der Waals surface area contributed by atoms with Gasteiger partial charge in [-0.25, -0.2) is 0 Å². The number of aliphatic hydroxyl groups is 22. The predicted molar refractivity (Wildman–Crippen MR) is 298 cm³/mol. The summed E-state index contributed by atoms with van der Waals surface area (Å²) in [5.41, 5.74) is 0. The summed E-state index contributed by atoms with van der Waals surface area (Å²) in [6.45, 7) is -2.78. The van der Waals surface area contributed by atoms with E-state index >= 15 is 0 Å². The molecule has 8 fully saturated rings. The molecule has 3 amide bonds. The van der Waals surface area contributed by atoms with Gasteiger partial charge in [0.2, 0.25) is 17.7 Å². The molecule has 0 aromatic heterocycles. The van der Waals surface area contributed by atoms with Crippen LogP contribution >= 0.6 is 0 Å². The number of carbonyl (C=O) groups excluding carboxylic acids is 3. The maximum Gasteiger partial charge on any atom is 0.217 e. The highest BCUT2D eigenvalue weighted by Crippen LogP contribution is 2.39. The first-order chi connectivity index (χ1) is 45.8. The Morgan fingerprint density at radius 1 is 0.289 bits per heavy atom. The lowest BCUT2D eigenvalue weighted by Crippen LogP contribution is -2.71. The lowest BCUT2D eigenvalue weighted by Gasteiger charge is -2.51. The lowest BCUT2D eigenvalue weighted by molar-refractivity contribution is -0.397. The van der Waals surface area contributed by atoms with Crippen molar-refractivity contribution in [3.63, 3.8) is 0 Å². The first kappa shape index (κ1) is 79.6. The molecular formula is C54H91N3O40. The molecule has 0 bridgehead atoms. The summed E-state index contributed by atoms with van der Waals surface area (Å²) in [5.74, 6) is -2.64. The number of rotatable bonds is 24. The monoisotopic (exact) mass is 1420 g/mol. The molecule has 97 heavy (non-hydrogen) atoms. The summed E-state index contributed by atoms with van der Waals surface area (Å²) in [4.78, 5) is 38.1. The summed E-state index contributed by atoms with van der Waals surface area (Å²) in [5, 5.41) is 248. The van der Waals surface area contributed by atoms with Gasteiger partial charge in [-0.15, -0.1) is 0 Å². The van der Waals surface area contributed by atoms with Crippen LogP contribution < -0.4 is 16.0 Å². The number of hydrogen-bond acceptors (Lipinski definition) is 40. The third-order valence-corrected chi connectivity index (χ3v) is 17.8.